The van der Waals surface area contributed by atoms with Crippen molar-refractivity contribution in [1.29, 1.82) is 0 Å². The fourth-order valence-corrected chi connectivity index (χ4v) is 3.29. The Morgan fingerprint density at radius 3 is 2.44 bits per heavy atom. The van der Waals surface area contributed by atoms with Gasteiger partial charge in [-0.3, -0.25) is 0 Å². The van der Waals surface area contributed by atoms with Crippen molar-refractivity contribution in [1.82, 2.24) is 15.0 Å². The summed E-state index contributed by atoms with van der Waals surface area (Å²) in [6.07, 6.45) is -0.377. The van der Waals surface area contributed by atoms with E-state index in [1.807, 2.05) is 9.80 Å². The molecule has 27 heavy (non-hydrogen) atoms. The Morgan fingerprint density at radius 1 is 1.19 bits per heavy atom. The molecule has 0 N–H and O–H groups in total. The first-order chi connectivity index (χ1) is 12.9. The van der Waals surface area contributed by atoms with Gasteiger partial charge in [-0.2, -0.15) is 13.2 Å². The van der Waals surface area contributed by atoms with Crippen molar-refractivity contribution in [2.75, 3.05) is 29.5 Å². The van der Waals surface area contributed by atoms with Gasteiger partial charge in [-0.25, -0.2) is 19.7 Å². The molecule has 4 rings (SSSR count). The number of aromatic nitrogens is 3. The molecule has 2 fully saturated rings. The van der Waals surface area contributed by atoms with Gasteiger partial charge < -0.3 is 14.5 Å². The summed E-state index contributed by atoms with van der Waals surface area (Å²) >= 11 is 0. The van der Waals surface area contributed by atoms with Gasteiger partial charge in [-0.1, -0.05) is 0 Å². The number of nitrogens with zero attached hydrogens (tertiary/aromatic N) is 5. The molecule has 4 heterocycles. The maximum absolute atomic E-state index is 12.9. The number of hydrogen-bond donors (Lipinski definition) is 0. The van der Waals surface area contributed by atoms with Crippen LogP contribution in [0.25, 0.3) is 0 Å². The second-order valence-electron chi connectivity index (χ2n) is 6.33. The molecule has 0 bridgehead atoms. The third-order valence-electron chi connectivity index (χ3n) is 4.79. The molecule has 0 saturated carbocycles. The molecular formula is C17H16F3N5O2. The van der Waals surface area contributed by atoms with Crippen molar-refractivity contribution in [2.45, 2.75) is 25.2 Å². The number of fused-ring (bicyclic) bond motifs is 1. The fraction of sp³-hybridized carbons (Fsp3) is 0.412. The first-order valence-electron chi connectivity index (χ1n) is 8.44. The van der Waals surface area contributed by atoms with E-state index < -0.39 is 17.7 Å². The average Bonchev–Trinajstić information content (AvgIpc) is 2.63. The molecule has 2 aliphatic heterocycles. The van der Waals surface area contributed by atoms with Crippen molar-refractivity contribution >= 4 is 17.7 Å². The van der Waals surface area contributed by atoms with Crippen LogP contribution in [0.2, 0.25) is 0 Å². The van der Waals surface area contributed by atoms with Crippen LogP contribution in [0.4, 0.5) is 24.9 Å². The van der Waals surface area contributed by atoms with Crippen molar-refractivity contribution < 1.29 is 22.7 Å². The number of rotatable bonds is 4. The average molecular weight is 379 g/mol. The number of pyridine rings is 1. The van der Waals surface area contributed by atoms with Crippen LogP contribution in [-0.4, -0.2) is 52.7 Å². The van der Waals surface area contributed by atoms with Gasteiger partial charge in [0.05, 0.1) is 29.8 Å². The molecule has 1 unspecified atom stereocenters. The van der Waals surface area contributed by atoms with Crippen molar-refractivity contribution in [3.8, 4) is 0 Å². The lowest BCUT2D eigenvalue weighted by molar-refractivity contribution is -0.137. The van der Waals surface area contributed by atoms with Crippen LogP contribution in [0.5, 0.6) is 0 Å². The zero-order valence-electron chi connectivity index (χ0n) is 14.3. The highest BCUT2D eigenvalue weighted by Gasteiger charge is 2.53. The SMILES string of the molecule is CCOC(=O)c1cnc(N2CC3[C@@H]2CN3c2cc(C(F)(F)F)ccn2)nc1. The normalized spacial score (nSPS) is 21.2. The lowest BCUT2D eigenvalue weighted by atomic mass is 9.86. The van der Waals surface area contributed by atoms with E-state index >= 15 is 0 Å². The minimum Gasteiger partial charge on any atom is -0.462 e. The quantitative estimate of drug-likeness (QED) is 0.754. The molecule has 0 amide bonds. The summed E-state index contributed by atoms with van der Waals surface area (Å²) in [6.45, 7) is 3.12. The molecule has 2 aromatic rings. The van der Waals surface area contributed by atoms with E-state index in [4.69, 9.17) is 4.74 Å². The van der Waals surface area contributed by atoms with Gasteiger partial charge in [-0.05, 0) is 19.1 Å². The van der Waals surface area contributed by atoms with Crippen LogP contribution in [0, 0.1) is 0 Å². The number of alkyl halides is 3. The Bertz CT molecular complexity index is 858. The predicted molar refractivity (Wildman–Crippen MR) is 89.5 cm³/mol. The third-order valence-corrected chi connectivity index (χ3v) is 4.79. The molecule has 2 saturated heterocycles. The standard InChI is InChI=1S/C17H16F3N5O2/c1-2-27-15(26)10-6-22-16(23-7-10)25-9-12-13(25)8-24(12)14-5-11(3-4-21-14)17(18,19)20/h3-7,12-13H,2,8-9H2,1H3/t12?,13-/m0/s1. The minimum atomic E-state index is -4.39. The number of esters is 1. The highest BCUT2D eigenvalue weighted by Crippen LogP contribution is 2.39. The summed E-state index contributed by atoms with van der Waals surface area (Å²) in [5, 5.41) is 0. The monoisotopic (exact) mass is 379 g/mol. The van der Waals surface area contributed by atoms with Gasteiger partial charge in [0.2, 0.25) is 5.95 Å². The lowest BCUT2D eigenvalue weighted by Crippen LogP contribution is -2.80. The number of anilines is 2. The van der Waals surface area contributed by atoms with E-state index in [0.29, 0.717) is 24.9 Å². The van der Waals surface area contributed by atoms with Gasteiger partial charge in [0.1, 0.15) is 5.82 Å². The van der Waals surface area contributed by atoms with Crippen LogP contribution >= 0.6 is 0 Å². The van der Waals surface area contributed by atoms with E-state index in [2.05, 4.69) is 15.0 Å². The molecule has 7 nitrogen and oxygen atoms in total. The topological polar surface area (TPSA) is 71.5 Å². The zero-order chi connectivity index (χ0) is 19.2. The molecule has 0 aliphatic carbocycles. The van der Waals surface area contributed by atoms with E-state index in [0.717, 1.165) is 12.1 Å². The van der Waals surface area contributed by atoms with Gasteiger partial charge in [0.15, 0.2) is 0 Å². The first kappa shape index (κ1) is 17.5. The number of halogens is 3. The van der Waals surface area contributed by atoms with Gasteiger partial charge in [-0.15, -0.1) is 0 Å². The van der Waals surface area contributed by atoms with Crippen LogP contribution in [0.1, 0.15) is 22.8 Å². The molecular weight excluding hydrogens is 363 g/mol. The molecule has 142 valence electrons. The Morgan fingerprint density at radius 2 is 1.85 bits per heavy atom. The molecule has 2 aromatic heterocycles. The summed E-state index contributed by atoms with van der Waals surface area (Å²) in [4.78, 5) is 27.9. The molecule has 2 aliphatic rings. The zero-order valence-corrected chi connectivity index (χ0v) is 14.3. The maximum atomic E-state index is 12.9. The van der Waals surface area contributed by atoms with Crippen LogP contribution in [0.3, 0.4) is 0 Å². The van der Waals surface area contributed by atoms with Crippen LogP contribution in [0.15, 0.2) is 30.7 Å². The third kappa shape index (κ3) is 3.04. The second-order valence-corrected chi connectivity index (χ2v) is 6.33. The number of carbonyl (C=O) groups excluding carboxylic acids is 1. The molecule has 2 atom stereocenters. The Hall–Kier alpha value is -2.91. The van der Waals surface area contributed by atoms with Crippen LogP contribution in [-0.2, 0) is 10.9 Å². The smallest absolute Gasteiger partial charge is 0.416 e. The second kappa shape index (κ2) is 6.36. The van der Waals surface area contributed by atoms with Crippen molar-refractivity contribution in [3.63, 3.8) is 0 Å². The Balaban J connectivity index is 1.41. The minimum absolute atomic E-state index is 0.0781. The van der Waals surface area contributed by atoms with E-state index in [1.165, 1.54) is 18.6 Å². The predicted octanol–water partition coefficient (Wildman–Crippen LogP) is 2.14. The van der Waals surface area contributed by atoms with E-state index in [1.54, 1.807) is 6.92 Å². The molecule has 0 spiro atoms. The summed E-state index contributed by atoms with van der Waals surface area (Å²) in [5.74, 6) is 0.334. The lowest BCUT2D eigenvalue weighted by Gasteiger charge is -2.62. The molecule has 0 aromatic carbocycles. The first-order valence-corrected chi connectivity index (χ1v) is 8.44. The van der Waals surface area contributed by atoms with Crippen LogP contribution < -0.4 is 9.80 Å². The summed E-state index contributed by atoms with van der Waals surface area (Å²) in [7, 11) is 0. The van der Waals surface area contributed by atoms with Gasteiger partial charge in [0.25, 0.3) is 0 Å². The highest BCUT2D eigenvalue weighted by atomic mass is 19.4. The number of carbonyl (C=O) groups is 1. The largest absolute Gasteiger partial charge is 0.462 e. The van der Waals surface area contributed by atoms with Crippen molar-refractivity contribution in [3.05, 3.63) is 41.9 Å². The Kier molecular flexibility index (Phi) is 4.12. The molecule has 10 heteroatoms. The summed E-state index contributed by atoms with van der Waals surface area (Å²) in [5.41, 5.74) is -0.425. The van der Waals surface area contributed by atoms with E-state index in [-0.39, 0.29) is 24.3 Å². The summed E-state index contributed by atoms with van der Waals surface area (Å²) in [6, 6.07) is 2.24. The van der Waals surface area contributed by atoms with E-state index in [9.17, 15) is 18.0 Å². The van der Waals surface area contributed by atoms with Gasteiger partial charge >= 0.3 is 12.1 Å². The van der Waals surface area contributed by atoms with Gasteiger partial charge in [0, 0.05) is 31.7 Å². The number of hydrogen-bond acceptors (Lipinski definition) is 7. The highest BCUT2D eigenvalue weighted by molar-refractivity contribution is 5.88. The van der Waals surface area contributed by atoms with Crippen molar-refractivity contribution in [2.24, 2.45) is 0 Å². The number of piperazine rings is 1. The molecule has 0 radical (unpaired) electrons. The fourth-order valence-electron chi connectivity index (χ4n) is 3.29. The Labute approximate surface area is 152 Å². The number of ether oxygens (including phenoxy) is 1. The maximum Gasteiger partial charge on any atom is 0.416 e. The summed E-state index contributed by atoms with van der Waals surface area (Å²) < 4.78 is 43.5.